The summed E-state index contributed by atoms with van der Waals surface area (Å²) in [5.41, 5.74) is 2.11. The Morgan fingerprint density at radius 2 is 1.92 bits per heavy atom. The fraction of sp³-hybridized carbons (Fsp3) is 0.588. The summed E-state index contributed by atoms with van der Waals surface area (Å²) < 4.78 is 40.8. The molecule has 132 valence electrons. The minimum atomic E-state index is -4.59. The van der Waals surface area contributed by atoms with E-state index in [1.807, 2.05) is 41.0 Å². The van der Waals surface area contributed by atoms with E-state index < -0.39 is 12.5 Å². The van der Waals surface area contributed by atoms with Gasteiger partial charge in [0, 0.05) is 24.8 Å². The molecule has 0 spiro atoms. The highest BCUT2D eigenvalue weighted by molar-refractivity contribution is 5.97. The van der Waals surface area contributed by atoms with Crippen molar-refractivity contribution in [1.82, 2.24) is 4.90 Å². The lowest BCUT2D eigenvalue weighted by Gasteiger charge is -2.33. The first kappa shape index (κ1) is 17.2. The van der Waals surface area contributed by atoms with Crippen molar-refractivity contribution in [3.63, 3.8) is 0 Å². The van der Waals surface area contributed by atoms with Crippen molar-refractivity contribution in [3.05, 3.63) is 29.8 Å². The number of hydrogen-bond donors (Lipinski definition) is 0. The zero-order valence-electron chi connectivity index (χ0n) is 13.6. The van der Waals surface area contributed by atoms with Crippen LogP contribution in [0.15, 0.2) is 24.3 Å². The Morgan fingerprint density at radius 3 is 2.58 bits per heavy atom. The van der Waals surface area contributed by atoms with E-state index in [0.29, 0.717) is 25.9 Å². The number of piperidine rings is 1. The number of carbonyl (C=O) groups excluding carboxylic acids is 1. The molecule has 0 aromatic heterocycles. The van der Waals surface area contributed by atoms with Gasteiger partial charge < -0.3 is 4.90 Å². The number of anilines is 1. The van der Waals surface area contributed by atoms with Crippen LogP contribution in [0.5, 0.6) is 0 Å². The zero-order chi connectivity index (χ0) is 17.3. The predicted molar refractivity (Wildman–Crippen MR) is 83.7 cm³/mol. The van der Waals surface area contributed by atoms with Crippen LogP contribution in [0.4, 0.5) is 18.9 Å². The summed E-state index contributed by atoms with van der Waals surface area (Å²) in [6.07, 6.45) is -3.97. The van der Waals surface area contributed by atoms with Gasteiger partial charge in [-0.05, 0) is 37.8 Å². The first-order valence-corrected chi connectivity index (χ1v) is 8.20. The molecule has 1 atom stereocenters. The largest absolute Gasteiger partial charge is 0.522 e. The van der Waals surface area contributed by atoms with Crippen LogP contribution >= 0.6 is 0 Å². The number of halogens is 3. The van der Waals surface area contributed by atoms with Gasteiger partial charge in [-0.25, -0.2) is 0 Å². The van der Waals surface area contributed by atoms with Crippen LogP contribution in [0.1, 0.15) is 25.3 Å². The van der Waals surface area contributed by atoms with Crippen molar-refractivity contribution in [2.24, 2.45) is 0 Å². The molecule has 1 fully saturated rings. The maximum atomic E-state index is 12.7. The monoisotopic (exact) mass is 342 g/mol. The number of rotatable bonds is 3. The van der Waals surface area contributed by atoms with E-state index in [1.54, 1.807) is 0 Å². The highest BCUT2D eigenvalue weighted by atomic mass is 19.4. The Balaban J connectivity index is 1.55. The summed E-state index contributed by atoms with van der Waals surface area (Å²) in [6, 6.07) is 7.96. The second-order valence-corrected chi connectivity index (χ2v) is 6.48. The van der Waals surface area contributed by atoms with Gasteiger partial charge in [-0.2, -0.15) is 0 Å². The third-order valence-corrected chi connectivity index (χ3v) is 4.67. The van der Waals surface area contributed by atoms with Crippen LogP contribution in [0.3, 0.4) is 0 Å². The standard InChI is InChI=1S/C17H21F3N2O2/c1-12-10-13-4-2-3-5-15(13)22(12)16(23)11-21-8-6-14(7-9-21)24-17(18,19)20/h2-5,12,14H,6-11H2,1H3. The van der Waals surface area contributed by atoms with Gasteiger partial charge in [-0.15, -0.1) is 13.2 Å². The van der Waals surface area contributed by atoms with Gasteiger partial charge in [-0.1, -0.05) is 18.2 Å². The number of benzene rings is 1. The molecule has 1 saturated heterocycles. The molecule has 7 heteroatoms. The molecule has 3 rings (SSSR count). The Morgan fingerprint density at radius 1 is 1.25 bits per heavy atom. The van der Waals surface area contributed by atoms with Crippen LogP contribution in [0.2, 0.25) is 0 Å². The second-order valence-electron chi connectivity index (χ2n) is 6.48. The maximum absolute atomic E-state index is 12.7. The summed E-state index contributed by atoms with van der Waals surface area (Å²) in [5, 5.41) is 0. The molecular weight excluding hydrogens is 321 g/mol. The van der Waals surface area contributed by atoms with E-state index in [-0.39, 0.29) is 18.5 Å². The van der Waals surface area contributed by atoms with Crippen LogP contribution in [-0.4, -0.2) is 48.9 Å². The Kier molecular flexibility index (Phi) is 4.83. The lowest BCUT2D eigenvalue weighted by Crippen LogP contribution is -2.46. The van der Waals surface area contributed by atoms with Gasteiger partial charge in [0.15, 0.2) is 0 Å². The third-order valence-electron chi connectivity index (χ3n) is 4.67. The number of hydrogen-bond acceptors (Lipinski definition) is 3. The Labute approximate surface area is 139 Å². The third kappa shape index (κ3) is 3.89. The summed E-state index contributed by atoms with van der Waals surface area (Å²) in [5.74, 6) is 0.00244. The Hall–Kier alpha value is -1.60. The minimum Gasteiger partial charge on any atom is -0.308 e. The van der Waals surface area contributed by atoms with Gasteiger partial charge in [0.25, 0.3) is 0 Å². The molecule has 4 nitrogen and oxygen atoms in total. The Bertz CT molecular complexity index is 598. The van der Waals surface area contributed by atoms with E-state index in [0.717, 1.165) is 17.7 Å². The van der Waals surface area contributed by atoms with Gasteiger partial charge in [0.05, 0.1) is 12.6 Å². The molecule has 2 aliphatic rings. The summed E-state index contributed by atoms with van der Waals surface area (Å²) in [6.45, 7) is 3.13. The fourth-order valence-corrected chi connectivity index (χ4v) is 3.59. The number of amides is 1. The molecular formula is C17H21F3N2O2. The van der Waals surface area contributed by atoms with Crippen LogP contribution in [0, 0.1) is 0 Å². The van der Waals surface area contributed by atoms with Gasteiger partial charge in [0.2, 0.25) is 5.91 Å². The smallest absolute Gasteiger partial charge is 0.308 e. The van der Waals surface area contributed by atoms with E-state index in [1.165, 1.54) is 0 Å². The lowest BCUT2D eigenvalue weighted by atomic mass is 10.1. The van der Waals surface area contributed by atoms with E-state index in [2.05, 4.69) is 4.74 Å². The number of likely N-dealkylation sites (tertiary alicyclic amines) is 1. The summed E-state index contributed by atoms with van der Waals surface area (Å²) in [4.78, 5) is 16.4. The van der Waals surface area contributed by atoms with Crippen LogP contribution < -0.4 is 4.90 Å². The number of fused-ring (bicyclic) bond motifs is 1. The minimum absolute atomic E-state index is 0.00244. The normalized spacial score (nSPS) is 22.7. The lowest BCUT2D eigenvalue weighted by molar-refractivity contribution is -0.345. The first-order valence-electron chi connectivity index (χ1n) is 8.20. The van der Waals surface area contributed by atoms with Crippen molar-refractivity contribution in [2.75, 3.05) is 24.5 Å². The average Bonchev–Trinajstić information content (AvgIpc) is 2.83. The SMILES string of the molecule is CC1Cc2ccccc2N1C(=O)CN1CCC(OC(F)(F)F)CC1. The number of ether oxygens (including phenoxy) is 1. The number of carbonyl (C=O) groups is 1. The van der Waals surface area contributed by atoms with Crippen molar-refractivity contribution in [2.45, 2.75) is 44.7 Å². The molecule has 2 heterocycles. The predicted octanol–water partition coefficient (Wildman–Crippen LogP) is 2.97. The molecule has 1 aromatic rings. The first-order chi connectivity index (χ1) is 11.3. The molecule has 2 aliphatic heterocycles. The average molecular weight is 342 g/mol. The van der Waals surface area contributed by atoms with Crippen molar-refractivity contribution >= 4 is 11.6 Å². The van der Waals surface area contributed by atoms with Gasteiger partial charge in [0.1, 0.15) is 0 Å². The summed E-state index contributed by atoms with van der Waals surface area (Å²) in [7, 11) is 0. The topological polar surface area (TPSA) is 32.8 Å². The van der Waals surface area contributed by atoms with E-state index in [4.69, 9.17) is 0 Å². The van der Waals surface area contributed by atoms with Crippen molar-refractivity contribution in [1.29, 1.82) is 0 Å². The summed E-state index contributed by atoms with van der Waals surface area (Å²) >= 11 is 0. The van der Waals surface area contributed by atoms with Gasteiger partial charge in [-0.3, -0.25) is 14.4 Å². The highest BCUT2D eigenvalue weighted by Crippen LogP contribution is 2.32. The second kappa shape index (κ2) is 6.72. The number of alkyl halides is 3. The van der Waals surface area contributed by atoms with E-state index >= 15 is 0 Å². The van der Waals surface area contributed by atoms with Crippen molar-refractivity contribution in [3.8, 4) is 0 Å². The van der Waals surface area contributed by atoms with Gasteiger partial charge >= 0.3 is 6.36 Å². The van der Waals surface area contributed by atoms with Crippen LogP contribution in [0.25, 0.3) is 0 Å². The molecule has 0 saturated carbocycles. The molecule has 0 bridgehead atoms. The fourth-order valence-electron chi connectivity index (χ4n) is 3.59. The molecule has 0 aliphatic carbocycles. The molecule has 1 aromatic carbocycles. The number of nitrogens with zero attached hydrogens (tertiary/aromatic N) is 2. The molecule has 0 N–H and O–H groups in total. The molecule has 1 amide bonds. The molecule has 24 heavy (non-hydrogen) atoms. The van der Waals surface area contributed by atoms with Crippen molar-refractivity contribution < 1.29 is 22.7 Å². The molecule has 0 radical (unpaired) electrons. The zero-order valence-corrected chi connectivity index (χ0v) is 13.6. The van der Waals surface area contributed by atoms with Crippen LogP contribution in [-0.2, 0) is 16.0 Å². The maximum Gasteiger partial charge on any atom is 0.522 e. The molecule has 1 unspecified atom stereocenters. The highest BCUT2D eigenvalue weighted by Gasteiger charge is 2.36. The van der Waals surface area contributed by atoms with E-state index in [9.17, 15) is 18.0 Å². The quantitative estimate of drug-likeness (QED) is 0.847. The number of para-hydroxylation sites is 1.